The number of rotatable bonds is 6. The topological polar surface area (TPSA) is 88.2 Å². The number of hydrogen-bond donors (Lipinski definition) is 2. The van der Waals surface area contributed by atoms with E-state index in [-0.39, 0.29) is 11.5 Å². The third-order valence-electron chi connectivity index (χ3n) is 4.43. The molecule has 3 aromatic carbocycles. The van der Waals surface area contributed by atoms with E-state index in [0.29, 0.717) is 21.6 Å². The summed E-state index contributed by atoms with van der Waals surface area (Å²) < 4.78 is 1.87. The van der Waals surface area contributed by atoms with Crippen molar-refractivity contribution in [3.8, 4) is 28.6 Å². The van der Waals surface area contributed by atoms with Crippen molar-refractivity contribution in [1.29, 1.82) is 0 Å². The fraction of sp³-hybridized carbons (Fsp3) is 0.0455. The lowest BCUT2D eigenvalue weighted by molar-refractivity contribution is -0.107. The minimum atomic E-state index is -0.652. The largest absolute Gasteiger partial charge is 0.504 e. The Morgan fingerprint density at radius 2 is 1.67 bits per heavy atom. The molecular weight excluding hydrogens is 422 g/mol. The Hall–Kier alpha value is -3.29. The number of halogens is 1. The Bertz CT molecular complexity index is 1180. The number of thioether (sulfide) groups is 1. The molecule has 0 spiro atoms. The summed E-state index contributed by atoms with van der Waals surface area (Å²) in [6.07, 6.45) is 0.766. The van der Waals surface area contributed by atoms with Gasteiger partial charge in [0.1, 0.15) is 6.29 Å². The van der Waals surface area contributed by atoms with Crippen LogP contribution in [-0.2, 0) is 4.79 Å². The Morgan fingerprint density at radius 1 is 0.933 bits per heavy atom. The zero-order chi connectivity index (χ0) is 21.1. The molecule has 0 saturated carbocycles. The number of phenolic OH excluding ortho intramolecular Hbond substituents is 2. The minimum absolute atomic E-state index is 0.245. The smallest absolute Gasteiger partial charge is 0.197 e. The third-order valence-corrected chi connectivity index (χ3v) is 5.80. The summed E-state index contributed by atoms with van der Waals surface area (Å²) >= 11 is 7.22. The van der Waals surface area contributed by atoms with Crippen LogP contribution in [0.15, 0.2) is 78.0 Å². The summed E-state index contributed by atoms with van der Waals surface area (Å²) in [5, 5.41) is 28.5. The fourth-order valence-corrected chi connectivity index (χ4v) is 4.02. The van der Waals surface area contributed by atoms with Gasteiger partial charge in [-0.3, -0.25) is 4.57 Å². The van der Waals surface area contributed by atoms with Crippen LogP contribution in [0.4, 0.5) is 0 Å². The molecule has 0 fully saturated rings. The standard InChI is InChI=1S/C22H16ClN3O3S/c23-16-9-6-14(7-10-16)21-24-25-22(26(21)17-4-2-1-3-5-17)30-20(13-27)15-8-11-18(28)19(29)12-15/h1-13,20,28-29H. The molecule has 0 saturated heterocycles. The van der Waals surface area contributed by atoms with Gasteiger partial charge in [-0.1, -0.05) is 47.6 Å². The number of benzene rings is 3. The van der Waals surface area contributed by atoms with Crippen LogP contribution in [0.25, 0.3) is 17.1 Å². The number of aromatic nitrogens is 3. The average molecular weight is 438 g/mol. The highest BCUT2D eigenvalue weighted by Gasteiger charge is 2.21. The number of carbonyl (C=O) groups is 1. The lowest BCUT2D eigenvalue weighted by atomic mass is 10.1. The molecule has 1 aromatic heterocycles. The number of aromatic hydroxyl groups is 2. The summed E-state index contributed by atoms with van der Waals surface area (Å²) in [5.74, 6) is 0.0794. The van der Waals surface area contributed by atoms with Gasteiger partial charge in [-0.15, -0.1) is 10.2 Å². The van der Waals surface area contributed by atoms with Gasteiger partial charge in [-0.2, -0.15) is 0 Å². The average Bonchev–Trinajstić information content (AvgIpc) is 3.18. The Balaban J connectivity index is 1.78. The summed E-state index contributed by atoms with van der Waals surface area (Å²) in [5.41, 5.74) is 2.21. The highest BCUT2D eigenvalue weighted by Crippen LogP contribution is 2.38. The first kappa shape index (κ1) is 20.0. The van der Waals surface area contributed by atoms with Crippen molar-refractivity contribution in [2.75, 3.05) is 0 Å². The van der Waals surface area contributed by atoms with Crippen LogP contribution < -0.4 is 0 Å². The molecule has 0 bridgehead atoms. The molecule has 6 nitrogen and oxygen atoms in total. The van der Waals surface area contributed by atoms with Crippen molar-refractivity contribution in [3.63, 3.8) is 0 Å². The predicted molar refractivity (Wildman–Crippen MR) is 116 cm³/mol. The highest BCUT2D eigenvalue weighted by molar-refractivity contribution is 8.00. The van der Waals surface area contributed by atoms with Crippen molar-refractivity contribution >= 4 is 29.6 Å². The van der Waals surface area contributed by atoms with Gasteiger partial charge >= 0.3 is 0 Å². The molecule has 8 heteroatoms. The van der Waals surface area contributed by atoms with E-state index in [1.807, 2.05) is 47.0 Å². The fourth-order valence-electron chi connectivity index (χ4n) is 2.95. The van der Waals surface area contributed by atoms with E-state index < -0.39 is 5.25 Å². The normalized spacial score (nSPS) is 11.9. The van der Waals surface area contributed by atoms with Gasteiger partial charge in [-0.25, -0.2) is 0 Å². The number of aldehydes is 1. The van der Waals surface area contributed by atoms with Crippen molar-refractivity contribution in [2.45, 2.75) is 10.4 Å². The quantitative estimate of drug-likeness (QED) is 0.250. The van der Waals surface area contributed by atoms with E-state index in [9.17, 15) is 15.0 Å². The first-order valence-corrected chi connectivity index (χ1v) is 10.2. The van der Waals surface area contributed by atoms with Gasteiger partial charge in [0.05, 0.1) is 5.25 Å². The molecule has 0 aliphatic carbocycles. The maximum Gasteiger partial charge on any atom is 0.197 e. The zero-order valence-corrected chi connectivity index (χ0v) is 17.1. The number of hydrogen-bond acceptors (Lipinski definition) is 6. The second-order valence-electron chi connectivity index (χ2n) is 6.41. The summed E-state index contributed by atoms with van der Waals surface area (Å²) in [6, 6.07) is 21.2. The molecule has 0 aliphatic rings. The Kier molecular flexibility index (Phi) is 5.74. The van der Waals surface area contributed by atoms with Crippen molar-refractivity contribution in [1.82, 2.24) is 14.8 Å². The number of para-hydroxylation sites is 1. The molecular formula is C22H16ClN3O3S. The molecule has 0 radical (unpaired) electrons. The maximum atomic E-state index is 11.8. The van der Waals surface area contributed by atoms with Crippen LogP contribution >= 0.6 is 23.4 Å². The summed E-state index contributed by atoms with van der Waals surface area (Å²) in [6.45, 7) is 0. The van der Waals surface area contributed by atoms with E-state index in [2.05, 4.69) is 10.2 Å². The van der Waals surface area contributed by atoms with Crippen LogP contribution in [0.5, 0.6) is 11.5 Å². The van der Waals surface area contributed by atoms with Crippen molar-refractivity contribution in [3.05, 3.63) is 83.4 Å². The molecule has 0 amide bonds. The predicted octanol–water partition coefficient (Wildman–Crippen LogP) is 5.03. The van der Waals surface area contributed by atoms with E-state index in [1.165, 1.54) is 23.9 Å². The maximum absolute atomic E-state index is 11.8. The second-order valence-corrected chi connectivity index (χ2v) is 7.95. The van der Waals surface area contributed by atoms with Gasteiger partial charge in [0, 0.05) is 16.3 Å². The summed E-state index contributed by atoms with van der Waals surface area (Å²) in [4.78, 5) is 11.8. The van der Waals surface area contributed by atoms with Crippen LogP contribution in [0.2, 0.25) is 5.02 Å². The van der Waals surface area contributed by atoms with Gasteiger partial charge in [0.25, 0.3) is 0 Å². The number of carbonyl (C=O) groups excluding carboxylic acids is 1. The Labute approximate surface area is 181 Å². The monoisotopic (exact) mass is 437 g/mol. The van der Waals surface area contributed by atoms with E-state index in [4.69, 9.17) is 11.6 Å². The van der Waals surface area contributed by atoms with Crippen LogP contribution in [0.1, 0.15) is 10.8 Å². The van der Waals surface area contributed by atoms with Crippen LogP contribution in [-0.4, -0.2) is 31.3 Å². The molecule has 2 N–H and O–H groups in total. The highest BCUT2D eigenvalue weighted by atomic mass is 35.5. The molecule has 4 rings (SSSR count). The SMILES string of the molecule is O=CC(Sc1nnc(-c2ccc(Cl)cc2)n1-c1ccccc1)c1ccc(O)c(O)c1. The zero-order valence-electron chi connectivity index (χ0n) is 15.5. The third kappa shape index (κ3) is 4.03. The van der Waals surface area contributed by atoms with Crippen LogP contribution in [0.3, 0.4) is 0 Å². The molecule has 4 aromatic rings. The van der Waals surface area contributed by atoms with Crippen molar-refractivity contribution < 1.29 is 15.0 Å². The molecule has 1 unspecified atom stereocenters. The van der Waals surface area contributed by atoms with Gasteiger partial charge in [0.2, 0.25) is 0 Å². The number of phenols is 2. The molecule has 150 valence electrons. The lowest BCUT2D eigenvalue weighted by Gasteiger charge is -2.14. The first-order valence-electron chi connectivity index (χ1n) is 8.97. The lowest BCUT2D eigenvalue weighted by Crippen LogP contribution is -2.02. The van der Waals surface area contributed by atoms with Gasteiger partial charge in [0.15, 0.2) is 22.5 Å². The summed E-state index contributed by atoms with van der Waals surface area (Å²) in [7, 11) is 0. The first-order chi connectivity index (χ1) is 14.6. The molecule has 0 aliphatic heterocycles. The van der Waals surface area contributed by atoms with E-state index >= 15 is 0 Å². The molecule has 30 heavy (non-hydrogen) atoms. The van der Waals surface area contributed by atoms with Crippen LogP contribution in [0, 0.1) is 0 Å². The van der Waals surface area contributed by atoms with E-state index in [0.717, 1.165) is 17.5 Å². The number of nitrogens with zero attached hydrogens (tertiary/aromatic N) is 3. The van der Waals surface area contributed by atoms with Gasteiger partial charge in [-0.05, 0) is 54.1 Å². The van der Waals surface area contributed by atoms with E-state index in [1.54, 1.807) is 18.2 Å². The molecule has 1 atom stereocenters. The molecule has 1 heterocycles. The second kappa shape index (κ2) is 8.61. The van der Waals surface area contributed by atoms with Crippen molar-refractivity contribution in [2.24, 2.45) is 0 Å². The minimum Gasteiger partial charge on any atom is -0.504 e. The Morgan fingerprint density at radius 3 is 2.33 bits per heavy atom. The van der Waals surface area contributed by atoms with Gasteiger partial charge < -0.3 is 15.0 Å².